The van der Waals surface area contributed by atoms with Crippen LogP contribution in [0, 0.1) is 0 Å². The molecule has 0 spiro atoms. The minimum absolute atomic E-state index is 0.0965. The molecule has 29 heavy (non-hydrogen) atoms. The van der Waals surface area contributed by atoms with E-state index in [0.717, 1.165) is 25.9 Å². The van der Waals surface area contributed by atoms with E-state index in [4.69, 9.17) is 0 Å². The highest BCUT2D eigenvalue weighted by atomic mass is 16.2. The maximum atomic E-state index is 12.6. The summed E-state index contributed by atoms with van der Waals surface area (Å²) in [7, 11) is 1.78. The maximum absolute atomic E-state index is 12.6. The summed E-state index contributed by atoms with van der Waals surface area (Å²) in [6, 6.07) is 11.1. The topological polar surface area (TPSA) is 65.5 Å². The number of nitrogens with one attached hydrogen (secondary N) is 1. The van der Waals surface area contributed by atoms with Gasteiger partial charge in [-0.05, 0) is 62.1 Å². The van der Waals surface area contributed by atoms with Gasteiger partial charge in [-0.15, -0.1) is 0 Å². The van der Waals surface area contributed by atoms with E-state index in [1.165, 1.54) is 31.1 Å². The Morgan fingerprint density at radius 3 is 2.52 bits per heavy atom. The Labute approximate surface area is 172 Å². The van der Waals surface area contributed by atoms with Crippen molar-refractivity contribution in [3.63, 3.8) is 0 Å². The van der Waals surface area contributed by atoms with E-state index < -0.39 is 0 Å². The van der Waals surface area contributed by atoms with Gasteiger partial charge in [0.05, 0.1) is 0 Å². The first-order valence-electron chi connectivity index (χ1n) is 10.5. The van der Waals surface area contributed by atoms with Crippen LogP contribution >= 0.6 is 0 Å². The van der Waals surface area contributed by atoms with E-state index >= 15 is 0 Å². The quantitative estimate of drug-likeness (QED) is 0.764. The molecule has 1 fully saturated rings. The van der Waals surface area contributed by atoms with Crippen LogP contribution in [0.25, 0.3) is 0 Å². The Balaban J connectivity index is 1.64. The third-order valence-corrected chi connectivity index (χ3v) is 5.28. The minimum atomic E-state index is -0.318. The van der Waals surface area contributed by atoms with Crippen LogP contribution in [0.3, 0.4) is 0 Å². The summed E-state index contributed by atoms with van der Waals surface area (Å²) < 4.78 is 0. The van der Waals surface area contributed by atoms with E-state index in [2.05, 4.69) is 22.1 Å². The molecule has 1 aliphatic heterocycles. The fourth-order valence-corrected chi connectivity index (χ4v) is 3.51. The van der Waals surface area contributed by atoms with E-state index in [9.17, 15) is 9.59 Å². The smallest absolute Gasteiger partial charge is 0.274 e. The fourth-order valence-electron chi connectivity index (χ4n) is 3.51. The number of hydrogen-bond acceptors (Lipinski definition) is 4. The Morgan fingerprint density at radius 2 is 1.83 bits per heavy atom. The highest BCUT2D eigenvalue weighted by Crippen LogP contribution is 2.22. The molecule has 0 saturated carbocycles. The van der Waals surface area contributed by atoms with Crippen molar-refractivity contribution < 1.29 is 9.59 Å². The third-order valence-electron chi connectivity index (χ3n) is 5.28. The molecular formula is C23H30N4O2. The van der Waals surface area contributed by atoms with Gasteiger partial charge in [-0.1, -0.05) is 13.3 Å². The number of carbonyl (C=O) groups excluding carboxylic acids is 2. The van der Waals surface area contributed by atoms with Gasteiger partial charge in [0.1, 0.15) is 5.69 Å². The predicted octanol–water partition coefficient (Wildman–Crippen LogP) is 4.20. The van der Waals surface area contributed by atoms with Gasteiger partial charge in [0.2, 0.25) is 0 Å². The highest BCUT2D eigenvalue weighted by Gasteiger charge is 2.15. The van der Waals surface area contributed by atoms with E-state index in [-0.39, 0.29) is 17.5 Å². The number of benzene rings is 1. The number of piperidine rings is 1. The monoisotopic (exact) mass is 394 g/mol. The average Bonchev–Trinajstić information content (AvgIpc) is 2.78. The lowest BCUT2D eigenvalue weighted by Crippen LogP contribution is -2.29. The van der Waals surface area contributed by atoms with Crippen molar-refractivity contribution in [1.29, 1.82) is 0 Å². The zero-order chi connectivity index (χ0) is 20.6. The number of pyridine rings is 1. The molecule has 3 rings (SSSR count). The normalized spacial score (nSPS) is 13.8. The molecule has 6 heteroatoms. The van der Waals surface area contributed by atoms with Gasteiger partial charge in [-0.3, -0.25) is 14.6 Å². The number of rotatable bonds is 7. The van der Waals surface area contributed by atoms with Crippen molar-refractivity contribution in [3.05, 3.63) is 53.9 Å². The maximum Gasteiger partial charge on any atom is 0.274 e. The van der Waals surface area contributed by atoms with Gasteiger partial charge in [0.25, 0.3) is 11.8 Å². The molecular weight excluding hydrogens is 364 g/mol. The molecule has 6 nitrogen and oxygen atoms in total. The number of anilines is 2. The Hall–Kier alpha value is -2.89. The summed E-state index contributed by atoms with van der Waals surface area (Å²) in [5.41, 5.74) is 2.61. The van der Waals surface area contributed by atoms with Crippen LogP contribution < -0.4 is 10.2 Å². The van der Waals surface area contributed by atoms with Crippen LogP contribution in [0.2, 0.25) is 0 Å². The molecule has 0 bridgehead atoms. The molecule has 0 atom stereocenters. The van der Waals surface area contributed by atoms with Gasteiger partial charge in [-0.25, -0.2) is 0 Å². The second kappa shape index (κ2) is 10.0. The van der Waals surface area contributed by atoms with Gasteiger partial charge in [-0.2, -0.15) is 0 Å². The van der Waals surface area contributed by atoms with Crippen LogP contribution in [0.15, 0.2) is 42.6 Å². The van der Waals surface area contributed by atoms with E-state index in [1.54, 1.807) is 24.1 Å². The summed E-state index contributed by atoms with van der Waals surface area (Å²) in [4.78, 5) is 33.3. The number of nitrogens with zero attached hydrogens (tertiary/aromatic N) is 3. The minimum Gasteiger partial charge on any atom is -0.372 e. The molecule has 0 radical (unpaired) electrons. The lowest BCUT2D eigenvalue weighted by Gasteiger charge is -2.28. The van der Waals surface area contributed by atoms with Crippen molar-refractivity contribution >= 4 is 23.2 Å². The first-order valence-corrected chi connectivity index (χ1v) is 10.5. The van der Waals surface area contributed by atoms with Crippen molar-refractivity contribution in [1.82, 2.24) is 9.88 Å². The molecule has 0 unspecified atom stereocenters. The molecule has 154 valence electrons. The number of aromatic nitrogens is 1. The van der Waals surface area contributed by atoms with Gasteiger partial charge in [0.15, 0.2) is 0 Å². The summed E-state index contributed by atoms with van der Waals surface area (Å²) >= 11 is 0. The molecule has 1 aromatic carbocycles. The van der Waals surface area contributed by atoms with Gasteiger partial charge >= 0.3 is 0 Å². The van der Waals surface area contributed by atoms with E-state index in [0.29, 0.717) is 17.8 Å². The van der Waals surface area contributed by atoms with Crippen LogP contribution in [-0.2, 0) is 0 Å². The largest absolute Gasteiger partial charge is 0.372 e. The number of amides is 2. The molecule has 1 aliphatic rings. The van der Waals surface area contributed by atoms with Crippen LogP contribution in [0.4, 0.5) is 11.4 Å². The molecule has 1 saturated heterocycles. The second-order valence-corrected chi connectivity index (χ2v) is 7.56. The Morgan fingerprint density at radius 1 is 1.10 bits per heavy atom. The fraction of sp³-hybridized carbons (Fsp3) is 0.435. The van der Waals surface area contributed by atoms with Gasteiger partial charge < -0.3 is 15.1 Å². The molecule has 1 aromatic heterocycles. The molecule has 2 amide bonds. The second-order valence-electron chi connectivity index (χ2n) is 7.56. The van der Waals surface area contributed by atoms with E-state index in [1.807, 2.05) is 24.3 Å². The Kier molecular flexibility index (Phi) is 7.22. The van der Waals surface area contributed by atoms with Crippen molar-refractivity contribution in [2.45, 2.75) is 39.0 Å². The summed E-state index contributed by atoms with van der Waals surface area (Å²) in [6.45, 7) is 4.96. The molecule has 0 aliphatic carbocycles. The molecule has 2 aromatic rings. The molecule has 1 N–H and O–H groups in total. The summed E-state index contributed by atoms with van der Waals surface area (Å²) in [5, 5.41) is 2.87. The van der Waals surface area contributed by atoms with Crippen molar-refractivity contribution in [2.75, 3.05) is 36.9 Å². The summed E-state index contributed by atoms with van der Waals surface area (Å²) in [6.07, 6.45) is 7.24. The third kappa shape index (κ3) is 5.56. The zero-order valence-electron chi connectivity index (χ0n) is 17.4. The first kappa shape index (κ1) is 20.8. The number of hydrogen-bond donors (Lipinski definition) is 1. The van der Waals surface area contributed by atoms with Crippen molar-refractivity contribution in [3.8, 4) is 0 Å². The Bertz CT molecular complexity index is 829. The lowest BCUT2D eigenvalue weighted by atomic mass is 10.1. The van der Waals surface area contributed by atoms with Crippen LogP contribution in [0.1, 0.15) is 59.9 Å². The van der Waals surface area contributed by atoms with Crippen molar-refractivity contribution in [2.24, 2.45) is 0 Å². The highest BCUT2D eigenvalue weighted by molar-refractivity contribution is 6.04. The van der Waals surface area contributed by atoms with Crippen LogP contribution in [0.5, 0.6) is 0 Å². The summed E-state index contributed by atoms with van der Waals surface area (Å²) in [5.74, 6) is -0.414. The zero-order valence-corrected chi connectivity index (χ0v) is 17.4. The average molecular weight is 395 g/mol. The number of carbonyl (C=O) groups is 2. The lowest BCUT2D eigenvalue weighted by molar-refractivity contribution is 0.0793. The number of unbranched alkanes of at least 4 members (excludes halogenated alkanes) is 1. The standard InChI is InChI=1S/C23H30N4O2/c1-3-4-14-26(2)23(29)18-12-13-24-21(17-18)22(28)25-19-8-10-20(11-9-19)27-15-6-5-7-16-27/h8-13,17H,3-7,14-16H2,1-2H3,(H,25,28). The van der Waals surface area contributed by atoms with Crippen LogP contribution in [-0.4, -0.2) is 48.4 Å². The predicted molar refractivity (Wildman–Crippen MR) is 117 cm³/mol. The van der Waals surface area contributed by atoms with Gasteiger partial charge in [0, 0.05) is 49.8 Å². The molecule has 2 heterocycles. The first-order chi connectivity index (χ1) is 14.1. The SMILES string of the molecule is CCCCN(C)C(=O)c1ccnc(C(=O)Nc2ccc(N3CCCCC3)cc2)c1.